The van der Waals surface area contributed by atoms with E-state index in [9.17, 15) is 4.55 Å². The Morgan fingerprint density at radius 3 is 2.95 bits per heavy atom. The predicted molar refractivity (Wildman–Crippen MR) is 83.7 cm³/mol. The van der Waals surface area contributed by atoms with E-state index in [0.29, 0.717) is 31.2 Å². The minimum Gasteiger partial charge on any atom is -0.579 e. The first-order chi connectivity index (χ1) is 10.6. The molecule has 22 heavy (non-hydrogen) atoms. The SMILES string of the molecule is Bc1coc(CNC(=N)c2nonc2NCCN[S+](N)[O-])c1. The van der Waals surface area contributed by atoms with Gasteiger partial charge in [0.05, 0.1) is 19.4 Å². The van der Waals surface area contributed by atoms with Gasteiger partial charge in [-0.1, -0.05) is 5.46 Å². The molecule has 0 radical (unpaired) electrons. The van der Waals surface area contributed by atoms with E-state index >= 15 is 0 Å². The van der Waals surface area contributed by atoms with Crippen molar-refractivity contribution in [3.63, 3.8) is 0 Å². The first-order valence-electron chi connectivity index (χ1n) is 6.39. The van der Waals surface area contributed by atoms with Gasteiger partial charge in [0.1, 0.15) is 25.2 Å². The van der Waals surface area contributed by atoms with Gasteiger partial charge in [-0.15, -0.1) is 9.86 Å². The van der Waals surface area contributed by atoms with E-state index in [1.54, 1.807) is 6.26 Å². The highest BCUT2D eigenvalue weighted by Gasteiger charge is 2.15. The van der Waals surface area contributed by atoms with E-state index < -0.39 is 11.5 Å². The first kappa shape index (κ1) is 16.4. The van der Waals surface area contributed by atoms with E-state index in [1.807, 2.05) is 13.9 Å². The summed E-state index contributed by atoms with van der Waals surface area (Å²) in [6, 6.07) is 1.87. The summed E-state index contributed by atoms with van der Waals surface area (Å²) in [4.78, 5) is 0. The molecule has 0 aromatic carbocycles. The maximum atomic E-state index is 10.7. The zero-order chi connectivity index (χ0) is 15.9. The van der Waals surface area contributed by atoms with Crippen molar-refractivity contribution in [3.8, 4) is 0 Å². The van der Waals surface area contributed by atoms with Crippen molar-refractivity contribution in [2.75, 3.05) is 18.4 Å². The second-order valence-electron chi connectivity index (χ2n) is 4.40. The van der Waals surface area contributed by atoms with E-state index in [0.717, 1.165) is 5.46 Å². The van der Waals surface area contributed by atoms with Gasteiger partial charge in [0.2, 0.25) is 5.82 Å². The number of furan rings is 1. The Bertz CT molecular complexity index is 617. The van der Waals surface area contributed by atoms with Crippen molar-refractivity contribution in [1.82, 2.24) is 20.4 Å². The van der Waals surface area contributed by atoms with Crippen LogP contribution in [0.25, 0.3) is 0 Å². The van der Waals surface area contributed by atoms with Gasteiger partial charge in [0.25, 0.3) is 0 Å². The van der Waals surface area contributed by atoms with Crippen LogP contribution in [0.5, 0.6) is 0 Å². The molecule has 12 heteroatoms. The van der Waals surface area contributed by atoms with Gasteiger partial charge in [0, 0.05) is 6.54 Å². The number of anilines is 1. The lowest BCUT2D eigenvalue weighted by molar-refractivity contribution is 0.307. The van der Waals surface area contributed by atoms with Crippen LogP contribution in [-0.4, -0.2) is 41.6 Å². The quantitative estimate of drug-likeness (QED) is 0.117. The molecule has 0 aliphatic heterocycles. The molecule has 0 aliphatic carbocycles. The highest BCUT2D eigenvalue weighted by atomic mass is 32.2. The number of hydrogen-bond acceptors (Lipinski definition) is 9. The third-order valence-corrected chi connectivity index (χ3v) is 3.10. The van der Waals surface area contributed by atoms with Crippen LogP contribution in [0.2, 0.25) is 0 Å². The molecule has 6 N–H and O–H groups in total. The third kappa shape index (κ3) is 4.77. The summed E-state index contributed by atoms with van der Waals surface area (Å²) in [5.74, 6) is 1.08. The van der Waals surface area contributed by atoms with Crippen molar-refractivity contribution >= 4 is 36.5 Å². The molecule has 2 rings (SSSR count). The van der Waals surface area contributed by atoms with Crippen LogP contribution in [0.1, 0.15) is 11.5 Å². The summed E-state index contributed by atoms with van der Waals surface area (Å²) in [5.41, 5.74) is 1.26. The number of amidine groups is 1. The molecule has 10 nitrogen and oxygen atoms in total. The van der Waals surface area contributed by atoms with Gasteiger partial charge in [-0.2, -0.15) is 0 Å². The van der Waals surface area contributed by atoms with E-state index in [1.165, 1.54) is 0 Å². The summed E-state index contributed by atoms with van der Waals surface area (Å²) in [7, 11) is 1.92. The lowest BCUT2D eigenvalue weighted by Gasteiger charge is -2.07. The molecule has 0 saturated carbocycles. The predicted octanol–water partition coefficient (Wildman–Crippen LogP) is -2.42. The topological polar surface area (TPSA) is 161 Å². The standard InChI is InChI=1S/C10H16BN7O3S/c11-6-3-7(20-5-6)4-15-9(12)8-10(18-21-17-8)14-1-2-16-22(13)19/h3,5,16H,1-2,4,11,13H2,(H2,12,15)(H,14,18). The molecule has 2 aromatic rings. The number of nitrogens with two attached hydrogens (primary N) is 1. The maximum absolute atomic E-state index is 10.7. The van der Waals surface area contributed by atoms with Crippen molar-refractivity contribution in [1.29, 1.82) is 5.41 Å². The molecule has 0 spiro atoms. The Morgan fingerprint density at radius 1 is 1.45 bits per heavy atom. The monoisotopic (exact) mass is 325 g/mol. The summed E-state index contributed by atoms with van der Waals surface area (Å²) in [6.07, 6.45) is 1.64. The first-order valence-corrected chi connectivity index (χ1v) is 7.60. The molecule has 0 aliphatic rings. The summed E-state index contributed by atoms with van der Waals surface area (Å²) in [6.45, 7) is 1.11. The summed E-state index contributed by atoms with van der Waals surface area (Å²) in [5, 5.41) is 26.1. The number of hydrogen-bond donors (Lipinski definition) is 5. The van der Waals surface area contributed by atoms with Crippen molar-refractivity contribution in [2.45, 2.75) is 6.54 Å². The largest absolute Gasteiger partial charge is 0.579 e. The van der Waals surface area contributed by atoms with Gasteiger partial charge in [-0.25, -0.2) is 4.63 Å². The maximum Gasteiger partial charge on any atom is 0.202 e. The molecule has 2 aromatic heterocycles. The van der Waals surface area contributed by atoms with Gasteiger partial charge in [-0.3, -0.25) is 5.41 Å². The Labute approximate surface area is 130 Å². The van der Waals surface area contributed by atoms with Gasteiger partial charge in [0.15, 0.2) is 11.5 Å². The number of nitrogens with zero attached hydrogens (tertiary/aromatic N) is 2. The average Bonchev–Trinajstić information content (AvgIpc) is 3.09. The Hall–Kier alpha value is -2.02. The molecule has 0 bridgehead atoms. The van der Waals surface area contributed by atoms with Crippen LogP contribution in [0.4, 0.5) is 5.82 Å². The van der Waals surface area contributed by atoms with Crippen molar-refractivity contribution in [3.05, 3.63) is 23.8 Å². The number of rotatable bonds is 8. The second kappa shape index (κ2) is 7.84. The van der Waals surface area contributed by atoms with Crippen LogP contribution in [0.3, 0.4) is 0 Å². The molecule has 0 saturated heterocycles. The summed E-state index contributed by atoms with van der Waals surface area (Å²) < 4.78 is 23.1. The third-order valence-electron chi connectivity index (χ3n) is 2.61. The smallest absolute Gasteiger partial charge is 0.202 e. The molecular formula is C10H16BN7O3S. The highest BCUT2D eigenvalue weighted by molar-refractivity contribution is 7.87. The fourth-order valence-corrected chi connectivity index (χ4v) is 1.95. The van der Waals surface area contributed by atoms with Crippen LogP contribution >= 0.6 is 0 Å². The van der Waals surface area contributed by atoms with E-state index in [-0.39, 0.29) is 11.5 Å². The lowest BCUT2D eigenvalue weighted by Crippen LogP contribution is -2.34. The zero-order valence-corrected chi connectivity index (χ0v) is 12.7. The van der Waals surface area contributed by atoms with E-state index in [4.69, 9.17) is 15.0 Å². The van der Waals surface area contributed by atoms with E-state index in [2.05, 4.69) is 30.3 Å². The molecule has 118 valence electrons. The average molecular weight is 325 g/mol. The fraction of sp³-hybridized carbons (Fsp3) is 0.300. The minimum atomic E-state index is -1.56. The Balaban J connectivity index is 1.83. The fourth-order valence-electron chi connectivity index (χ4n) is 1.64. The van der Waals surface area contributed by atoms with Crippen LogP contribution in [-0.2, 0) is 18.1 Å². The molecule has 1 atom stereocenters. The minimum absolute atomic E-state index is 0.0492. The van der Waals surface area contributed by atoms with Gasteiger partial charge < -0.3 is 19.6 Å². The zero-order valence-electron chi connectivity index (χ0n) is 11.9. The molecule has 1 unspecified atom stereocenters. The molecular weight excluding hydrogens is 309 g/mol. The van der Waals surface area contributed by atoms with Crippen molar-refractivity contribution < 1.29 is 13.6 Å². The molecule has 0 amide bonds. The van der Waals surface area contributed by atoms with Crippen LogP contribution < -0.4 is 26.0 Å². The number of nitrogens with one attached hydrogen (secondary N) is 4. The highest BCUT2D eigenvalue weighted by Crippen LogP contribution is 2.09. The molecule has 2 heterocycles. The van der Waals surface area contributed by atoms with Crippen LogP contribution in [0, 0.1) is 5.41 Å². The van der Waals surface area contributed by atoms with Crippen LogP contribution in [0.15, 0.2) is 21.4 Å². The van der Waals surface area contributed by atoms with Crippen molar-refractivity contribution in [2.24, 2.45) is 5.14 Å². The Morgan fingerprint density at radius 2 is 2.27 bits per heavy atom. The number of aromatic nitrogens is 2. The summed E-state index contributed by atoms with van der Waals surface area (Å²) >= 11 is -1.56. The van der Waals surface area contributed by atoms with Gasteiger partial charge >= 0.3 is 0 Å². The second-order valence-corrected chi connectivity index (χ2v) is 5.28. The normalized spacial score (nSPS) is 12.1. The van der Waals surface area contributed by atoms with Gasteiger partial charge in [-0.05, 0) is 16.4 Å². The molecule has 0 fully saturated rings. The lowest BCUT2D eigenvalue weighted by atomic mass is 10.0. The Kier molecular flexibility index (Phi) is 5.83.